The van der Waals surface area contributed by atoms with Crippen LogP contribution in [0, 0.1) is 5.92 Å². The second-order valence-corrected chi connectivity index (χ2v) is 8.55. The van der Waals surface area contributed by atoms with E-state index in [2.05, 4.69) is 16.0 Å². The molecule has 2 aromatic rings. The van der Waals surface area contributed by atoms with Gasteiger partial charge in [-0.1, -0.05) is 6.92 Å². The van der Waals surface area contributed by atoms with Gasteiger partial charge in [0.2, 0.25) is 0 Å². The van der Waals surface area contributed by atoms with E-state index in [0.717, 1.165) is 24.3 Å². The molecule has 0 saturated carbocycles. The van der Waals surface area contributed by atoms with Crippen LogP contribution in [-0.2, 0) is 6.18 Å². The van der Waals surface area contributed by atoms with Crippen molar-refractivity contribution in [2.75, 3.05) is 37.4 Å². The van der Waals surface area contributed by atoms with E-state index >= 15 is 0 Å². The van der Waals surface area contributed by atoms with Crippen LogP contribution in [-0.4, -0.2) is 60.8 Å². The number of nitrogens with zero attached hydrogens (tertiary/aromatic N) is 1. The number of hydrogen-bond donors (Lipinski definition) is 4. The number of carbonyl (C=O) groups excluding carboxylic acids is 2. The number of likely N-dealkylation sites (N-methyl/N-ethyl adjacent to an activating group) is 1. The summed E-state index contributed by atoms with van der Waals surface area (Å²) in [6, 6.07) is 7.57. The van der Waals surface area contributed by atoms with Gasteiger partial charge >= 0.3 is 12.2 Å². The number of anilines is 2. The number of amides is 3. The van der Waals surface area contributed by atoms with E-state index < -0.39 is 23.8 Å². The molecule has 3 amide bonds. The van der Waals surface area contributed by atoms with E-state index in [0.29, 0.717) is 24.5 Å². The Bertz CT molecular complexity index is 1050. The number of aliphatic hydroxyl groups is 1. The van der Waals surface area contributed by atoms with Crippen LogP contribution in [0.2, 0.25) is 0 Å². The number of hydrogen-bond acceptors (Lipinski definition) is 5. The van der Waals surface area contributed by atoms with Crippen LogP contribution in [0.5, 0.6) is 5.75 Å². The van der Waals surface area contributed by atoms with Crippen molar-refractivity contribution >= 4 is 23.3 Å². The molecule has 0 bridgehead atoms. The Labute approximate surface area is 201 Å². The molecule has 0 fully saturated rings. The Balaban J connectivity index is 1.82. The summed E-state index contributed by atoms with van der Waals surface area (Å²) in [4.78, 5) is 27.3. The number of halogens is 3. The van der Waals surface area contributed by atoms with Gasteiger partial charge in [-0.25, -0.2) is 4.79 Å². The van der Waals surface area contributed by atoms with Crippen molar-refractivity contribution in [1.29, 1.82) is 0 Å². The maximum Gasteiger partial charge on any atom is 0.416 e. The summed E-state index contributed by atoms with van der Waals surface area (Å²) < 4.78 is 44.3. The van der Waals surface area contributed by atoms with Crippen molar-refractivity contribution < 1.29 is 32.6 Å². The van der Waals surface area contributed by atoms with E-state index in [1.165, 1.54) is 6.07 Å². The standard InChI is InChI=1S/C24H29F3N4O4/c1-14-12-31(15(2)13-32)22(33)19-10-18(8-9-20(19)35-21(14)11-28-3)30-23(34)29-17-6-4-16(5-7-17)24(25,26)27/h4-10,14-15,21,28,32H,11-13H2,1-3H3,(H2,29,30,34)/t14-,15-,21-/m1/s1. The summed E-state index contributed by atoms with van der Waals surface area (Å²) >= 11 is 0. The lowest BCUT2D eigenvalue weighted by Gasteiger charge is -2.37. The summed E-state index contributed by atoms with van der Waals surface area (Å²) in [6.45, 7) is 4.43. The highest BCUT2D eigenvalue weighted by molar-refractivity contribution is 6.02. The summed E-state index contributed by atoms with van der Waals surface area (Å²) in [5.41, 5.74) is -0.129. The van der Waals surface area contributed by atoms with Crippen molar-refractivity contribution in [2.45, 2.75) is 32.2 Å². The quantitative estimate of drug-likeness (QED) is 0.490. The molecule has 35 heavy (non-hydrogen) atoms. The first-order chi connectivity index (χ1) is 16.5. The second kappa shape index (κ2) is 11.0. The molecule has 4 N–H and O–H groups in total. The lowest BCUT2D eigenvalue weighted by atomic mass is 9.99. The fourth-order valence-corrected chi connectivity index (χ4v) is 3.78. The molecule has 3 atom stereocenters. The number of urea groups is 1. The first-order valence-corrected chi connectivity index (χ1v) is 11.2. The monoisotopic (exact) mass is 494 g/mol. The molecule has 8 nitrogen and oxygen atoms in total. The zero-order valence-electron chi connectivity index (χ0n) is 19.6. The smallest absolute Gasteiger partial charge is 0.416 e. The lowest BCUT2D eigenvalue weighted by molar-refractivity contribution is -0.137. The van der Waals surface area contributed by atoms with Crippen molar-refractivity contribution in [3.63, 3.8) is 0 Å². The van der Waals surface area contributed by atoms with Crippen LogP contribution in [0.3, 0.4) is 0 Å². The summed E-state index contributed by atoms with van der Waals surface area (Å²) in [5, 5.41) is 17.8. The third-order valence-corrected chi connectivity index (χ3v) is 5.80. The van der Waals surface area contributed by atoms with Crippen molar-refractivity contribution in [3.05, 3.63) is 53.6 Å². The van der Waals surface area contributed by atoms with Gasteiger partial charge in [0.15, 0.2) is 0 Å². The molecule has 0 spiro atoms. The zero-order valence-corrected chi connectivity index (χ0v) is 19.6. The van der Waals surface area contributed by atoms with Crippen molar-refractivity contribution in [3.8, 4) is 5.75 Å². The van der Waals surface area contributed by atoms with Crippen molar-refractivity contribution in [2.24, 2.45) is 5.92 Å². The number of aliphatic hydroxyl groups excluding tert-OH is 1. The molecule has 0 radical (unpaired) electrons. The number of ether oxygens (including phenoxy) is 1. The molecular weight excluding hydrogens is 465 g/mol. The molecule has 190 valence electrons. The predicted molar refractivity (Wildman–Crippen MR) is 126 cm³/mol. The van der Waals surface area contributed by atoms with Gasteiger partial charge in [-0.05, 0) is 56.4 Å². The average molecular weight is 495 g/mol. The number of alkyl halides is 3. The van der Waals surface area contributed by atoms with Gasteiger partial charge in [0.1, 0.15) is 11.9 Å². The third-order valence-electron chi connectivity index (χ3n) is 5.80. The van der Waals surface area contributed by atoms with Crippen LogP contribution >= 0.6 is 0 Å². The minimum absolute atomic E-state index is 0.0131. The van der Waals surface area contributed by atoms with E-state index in [-0.39, 0.29) is 35.8 Å². The van der Waals surface area contributed by atoms with E-state index in [1.54, 1.807) is 31.0 Å². The number of fused-ring (bicyclic) bond motifs is 1. The summed E-state index contributed by atoms with van der Waals surface area (Å²) in [7, 11) is 1.80. The minimum Gasteiger partial charge on any atom is -0.488 e. The maximum atomic E-state index is 13.3. The predicted octanol–water partition coefficient (Wildman–Crippen LogP) is 3.79. The molecule has 0 aliphatic carbocycles. The Morgan fingerprint density at radius 2 is 1.80 bits per heavy atom. The van der Waals surface area contributed by atoms with Crippen molar-refractivity contribution in [1.82, 2.24) is 10.2 Å². The van der Waals surface area contributed by atoms with Gasteiger partial charge in [-0.3, -0.25) is 4.79 Å². The fraction of sp³-hybridized carbons (Fsp3) is 0.417. The lowest BCUT2D eigenvalue weighted by Crippen LogP contribution is -2.49. The molecule has 0 saturated heterocycles. The van der Waals surface area contributed by atoms with Crippen LogP contribution in [0.25, 0.3) is 0 Å². The average Bonchev–Trinajstić information content (AvgIpc) is 2.81. The van der Waals surface area contributed by atoms with E-state index in [9.17, 15) is 27.9 Å². The minimum atomic E-state index is -4.47. The molecule has 1 aliphatic rings. The Kier molecular flexibility index (Phi) is 8.23. The summed E-state index contributed by atoms with van der Waals surface area (Å²) in [6.07, 6.45) is -4.70. The largest absolute Gasteiger partial charge is 0.488 e. The highest BCUT2D eigenvalue weighted by atomic mass is 19.4. The summed E-state index contributed by atoms with van der Waals surface area (Å²) in [5.74, 6) is -0.00499. The zero-order chi connectivity index (χ0) is 25.8. The molecule has 11 heteroatoms. The van der Waals surface area contributed by atoms with Gasteiger partial charge in [0.05, 0.1) is 23.8 Å². The third kappa shape index (κ3) is 6.43. The molecule has 1 aliphatic heterocycles. The first kappa shape index (κ1) is 26.3. The molecule has 0 aromatic heterocycles. The molecule has 2 aromatic carbocycles. The molecule has 0 unspecified atom stereocenters. The van der Waals surface area contributed by atoms with Gasteiger partial charge in [-0.2, -0.15) is 13.2 Å². The molecular formula is C24H29F3N4O4. The Morgan fingerprint density at radius 1 is 1.17 bits per heavy atom. The fourth-order valence-electron chi connectivity index (χ4n) is 3.78. The van der Waals surface area contributed by atoms with Gasteiger partial charge < -0.3 is 30.7 Å². The number of rotatable bonds is 6. The van der Waals surface area contributed by atoms with Crippen LogP contribution in [0.4, 0.5) is 29.3 Å². The second-order valence-electron chi connectivity index (χ2n) is 8.55. The van der Waals surface area contributed by atoms with Crippen LogP contribution in [0.1, 0.15) is 29.8 Å². The highest BCUT2D eigenvalue weighted by Crippen LogP contribution is 2.31. The maximum absolute atomic E-state index is 13.3. The number of nitrogens with one attached hydrogen (secondary N) is 3. The van der Waals surface area contributed by atoms with E-state index in [1.807, 2.05) is 6.92 Å². The number of benzene rings is 2. The van der Waals surface area contributed by atoms with Gasteiger partial charge in [-0.15, -0.1) is 0 Å². The Morgan fingerprint density at radius 3 is 2.40 bits per heavy atom. The van der Waals surface area contributed by atoms with E-state index in [4.69, 9.17) is 4.74 Å². The first-order valence-electron chi connectivity index (χ1n) is 11.2. The topological polar surface area (TPSA) is 103 Å². The SMILES string of the molecule is CNC[C@H]1Oc2ccc(NC(=O)Nc3ccc(C(F)(F)F)cc3)cc2C(=O)N([C@H](C)CO)C[C@H]1C. The van der Waals surface area contributed by atoms with Gasteiger partial charge in [0.25, 0.3) is 5.91 Å². The number of carbonyl (C=O) groups is 2. The molecule has 1 heterocycles. The van der Waals surface area contributed by atoms with Crippen LogP contribution in [0.15, 0.2) is 42.5 Å². The normalized spacial score (nSPS) is 19.2. The Hall–Kier alpha value is -3.31. The highest BCUT2D eigenvalue weighted by Gasteiger charge is 2.33. The van der Waals surface area contributed by atoms with Gasteiger partial charge in [0, 0.05) is 30.4 Å². The molecule has 3 rings (SSSR count). The van der Waals surface area contributed by atoms with Crippen LogP contribution < -0.4 is 20.7 Å².